The number of halogens is 2. The average molecular weight is 352 g/mol. The van der Waals surface area contributed by atoms with Crippen LogP contribution in [0.15, 0.2) is 53.0 Å². The van der Waals surface area contributed by atoms with E-state index in [1.807, 2.05) is 30.3 Å². The SMILES string of the molecule is O=C(NC[C@@H](CO)c1ccccc1)c1cc(Br)ccc1F. The number of aliphatic hydroxyl groups excluding tert-OH is 1. The highest BCUT2D eigenvalue weighted by Gasteiger charge is 2.15. The van der Waals surface area contributed by atoms with E-state index in [4.69, 9.17) is 0 Å². The van der Waals surface area contributed by atoms with Gasteiger partial charge in [-0.05, 0) is 23.8 Å². The summed E-state index contributed by atoms with van der Waals surface area (Å²) in [4.78, 5) is 12.0. The summed E-state index contributed by atoms with van der Waals surface area (Å²) in [5, 5.41) is 12.1. The maximum absolute atomic E-state index is 13.6. The maximum atomic E-state index is 13.6. The van der Waals surface area contributed by atoms with Gasteiger partial charge in [0, 0.05) is 16.9 Å². The molecule has 5 heteroatoms. The number of benzene rings is 2. The van der Waals surface area contributed by atoms with Crippen LogP contribution < -0.4 is 5.32 Å². The van der Waals surface area contributed by atoms with Gasteiger partial charge in [0.25, 0.3) is 5.91 Å². The molecule has 2 aromatic carbocycles. The van der Waals surface area contributed by atoms with Gasteiger partial charge in [0.15, 0.2) is 0 Å². The molecular weight excluding hydrogens is 337 g/mol. The molecule has 0 aliphatic heterocycles. The van der Waals surface area contributed by atoms with Crippen molar-refractivity contribution in [2.45, 2.75) is 5.92 Å². The average Bonchev–Trinajstić information content (AvgIpc) is 2.51. The minimum Gasteiger partial charge on any atom is -0.396 e. The van der Waals surface area contributed by atoms with Crippen LogP contribution in [0.5, 0.6) is 0 Å². The van der Waals surface area contributed by atoms with Crippen molar-refractivity contribution in [1.29, 1.82) is 0 Å². The third kappa shape index (κ3) is 4.12. The highest BCUT2D eigenvalue weighted by atomic mass is 79.9. The molecule has 21 heavy (non-hydrogen) atoms. The first-order chi connectivity index (χ1) is 10.1. The molecule has 0 heterocycles. The second-order valence-electron chi connectivity index (χ2n) is 4.62. The van der Waals surface area contributed by atoms with Crippen LogP contribution in [-0.4, -0.2) is 24.2 Å². The van der Waals surface area contributed by atoms with Gasteiger partial charge in [0.2, 0.25) is 0 Å². The molecule has 2 aromatic rings. The first kappa shape index (κ1) is 15.7. The van der Waals surface area contributed by atoms with Crippen molar-refractivity contribution < 1.29 is 14.3 Å². The number of amides is 1. The Balaban J connectivity index is 2.04. The largest absolute Gasteiger partial charge is 0.396 e. The molecule has 0 spiro atoms. The molecule has 0 aromatic heterocycles. The number of hydrogen-bond acceptors (Lipinski definition) is 2. The van der Waals surface area contributed by atoms with Gasteiger partial charge < -0.3 is 10.4 Å². The summed E-state index contributed by atoms with van der Waals surface area (Å²) in [6, 6.07) is 13.6. The highest BCUT2D eigenvalue weighted by molar-refractivity contribution is 9.10. The van der Waals surface area contributed by atoms with Gasteiger partial charge in [0.1, 0.15) is 5.82 Å². The van der Waals surface area contributed by atoms with Crippen LogP contribution in [-0.2, 0) is 0 Å². The fourth-order valence-electron chi connectivity index (χ4n) is 2.00. The Morgan fingerprint density at radius 2 is 1.95 bits per heavy atom. The third-order valence-electron chi connectivity index (χ3n) is 3.17. The van der Waals surface area contributed by atoms with E-state index in [9.17, 15) is 14.3 Å². The van der Waals surface area contributed by atoms with Crippen LogP contribution in [0.25, 0.3) is 0 Å². The first-order valence-electron chi connectivity index (χ1n) is 6.51. The van der Waals surface area contributed by atoms with E-state index in [2.05, 4.69) is 21.2 Å². The second kappa shape index (κ2) is 7.33. The van der Waals surface area contributed by atoms with Crippen molar-refractivity contribution in [1.82, 2.24) is 5.32 Å². The second-order valence-corrected chi connectivity index (χ2v) is 5.54. The minimum absolute atomic E-state index is 0.0193. The van der Waals surface area contributed by atoms with Gasteiger partial charge in [0.05, 0.1) is 12.2 Å². The number of aliphatic hydroxyl groups is 1. The van der Waals surface area contributed by atoms with E-state index < -0.39 is 11.7 Å². The molecule has 0 unspecified atom stereocenters. The predicted molar refractivity (Wildman–Crippen MR) is 82.7 cm³/mol. The monoisotopic (exact) mass is 351 g/mol. The Hall–Kier alpha value is -1.72. The van der Waals surface area contributed by atoms with Gasteiger partial charge in [-0.3, -0.25) is 4.79 Å². The maximum Gasteiger partial charge on any atom is 0.254 e. The predicted octanol–water partition coefficient (Wildman–Crippen LogP) is 3.09. The van der Waals surface area contributed by atoms with Gasteiger partial charge >= 0.3 is 0 Å². The molecule has 1 amide bonds. The Kier molecular flexibility index (Phi) is 5.47. The molecule has 110 valence electrons. The summed E-state index contributed by atoms with van der Waals surface area (Å²) in [6.45, 7) is 0.149. The lowest BCUT2D eigenvalue weighted by atomic mass is 10.00. The van der Waals surface area contributed by atoms with Gasteiger partial charge in [-0.2, -0.15) is 0 Å². The zero-order chi connectivity index (χ0) is 15.2. The first-order valence-corrected chi connectivity index (χ1v) is 7.30. The van der Waals surface area contributed by atoms with Crippen molar-refractivity contribution in [3.05, 3.63) is 69.9 Å². The van der Waals surface area contributed by atoms with Crippen LogP contribution in [0.3, 0.4) is 0 Å². The zero-order valence-corrected chi connectivity index (χ0v) is 12.8. The van der Waals surface area contributed by atoms with Crippen molar-refractivity contribution in [2.24, 2.45) is 0 Å². The molecule has 0 saturated heterocycles. The minimum atomic E-state index is -0.573. The summed E-state index contributed by atoms with van der Waals surface area (Å²) < 4.78 is 14.3. The summed E-state index contributed by atoms with van der Waals surface area (Å²) in [5.74, 6) is -1.29. The molecule has 0 fully saturated rings. The summed E-state index contributed by atoms with van der Waals surface area (Å²) in [6.07, 6.45) is 0. The fraction of sp³-hybridized carbons (Fsp3) is 0.188. The molecular formula is C16H15BrFNO2. The van der Waals surface area contributed by atoms with Crippen molar-refractivity contribution in [3.63, 3.8) is 0 Å². The summed E-state index contributed by atoms with van der Waals surface area (Å²) >= 11 is 3.21. The van der Waals surface area contributed by atoms with E-state index >= 15 is 0 Å². The van der Waals surface area contributed by atoms with E-state index in [1.165, 1.54) is 18.2 Å². The molecule has 0 aliphatic carbocycles. The van der Waals surface area contributed by atoms with Crippen molar-refractivity contribution >= 4 is 21.8 Å². The lowest BCUT2D eigenvalue weighted by Crippen LogP contribution is -2.30. The highest BCUT2D eigenvalue weighted by Crippen LogP contribution is 2.17. The van der Waals surface area contributed by atoms with Crippen molar-refractivity contribution in [3.8, 4) is 0 Å². The van der Waals surface area contributed by atoms with E-state index in [0.717, 1.165) is 5.56 Å². The van der Waals surface area contributed by atoms with Gasteiger partial charge in [-0.15, -0.1) is 0 Å². The molecule has 0 bridgehead atoms. The molecule has 2 N–H and O–H groups in total. The van der Waals surface area contributed by atoms with Crippen LogP contribution in [0.4, 0.5) is 4.39 Å². The quantitative estimate of drug-likeness (QED) is 0.869. The number of carbonyl (C=O) groups is 1. The molecule has 2 rings (SSSR count). The number of hydrogen-bond donors (Lipinski definition) is 2. The topological polar surface area (TPSA) is 49.3 Å². The molecule has 0 aliphatic rings. The fourth-order valence-corrected chi connectivity index (χ4v) is 2.36. The standard InChI is InChI=1S/C16H15BrFNO2/c17-13-6-7-15(18)14(8-13)16(21)19-9-12(10-20)11-4-2-1-3-5-11/h1-8,12,20H,9-10H2,(H,19,21)/t12-/m0/s1. The van der Waals surface area contributed by atoms with E-state index in [1.54, 1.807) is 0 Å². The number of rotatable bonds is 5. The molecule has 1 atom stereocenters. The normalized spacial score (nSPS) is 12.0. The molecule has 3 nitrogen and oxygen atoms in total. The van der Waals surface area contributed by atoms with Crippen LogP contribution >= 0.6 is 15.9 Å². The Morgan fingerprint density at radius 1 is 1.24 bits per heavy atom. The molecule has 0 radical (unpaired) electrons. The lowest BCUT2D eigenvalue weighted by Gasteiger charge is -2.15. The third-order valence-corrected chi connectivity index (χ3v) is 3.67. The van der Waals surface area contributed by atoms with Crippen molar-refractivity contribution in [2.75, 3.05) is 13.2 Å². The Labute approximate surface area is 130 Å². The van der Waals surface area contributed by atoms with Crippen LogP contribution in [0, 0.1) is 5.82 Å². The Morgan fingerprint density at radius 3 is 2.62 bits per heavy atom. The number of carbonyl (C=O) groups excluding carboxylic acids is 1. The Bertz CT molecular complexity index is 619. The molecule has 0 saturated carbocycles. The van der Waals surface area contributed by atoms with Gasteiger partial charge in [-0.1, -0.05) is 46.3 Å². The smallest absolute Gasteiger partial charge is 0.254 e. The summed E-state index contributed by atoms with van der Waals surface area (Å²) in [5.41, 5.74) is 0.907. The number of nitrogens with one attached hydrogen (secondary N) is 1. The van der Waals surface area contributed by atoms with Crippen LogP contribution in [0.2, 0.25) is 0 Å². The lowest BCUT2D eigenvalue weighted by molar-refractivity contribution is 0.0943. The van der Waals surface area contributed by atoms with E-state index in [0.29, 0.717) is 4.47 Å². The van der Waals surface area contributed by atoms with Gasteiger partial charge in [-0.25, -0.2) is 4.39 Å². The van der Waals surface area contributed by atoms with E-state index in [-0.39, 0.29) is 24.6 Å². The summed E-state index contributed by atoms with van der Waals surface area (Å²) in [7, 11) is 0. The van der Waals surface area contributed by atoms with Crippen LogP contribution in [0.1, 0.15) is 21.8 Å². The zero-order valence-electron chi connectivity index (χ0n) is 11.2.